The number of carbonyl (C=O) groups is 3. The Kier molecular flexibility index (Phi) is 8.83. The van der Waals surface area contributed by atoms with Crippen LogP contribution in [0.4, 0.5) is 9.59 Å². The van der Waals surface area contributed by atoms with Gasteiger partial charge in [-0.25, -0.2) is 19.3 Å². The van der Waals surface area contributed by atoms with E-state index in [4.69, 9.17) is 4.43 Å². The molecule has 203 valence electrons. The number of urea groups is 2. The third kappa shape index (κ3) is 7.13. The number of rotatable bonds is 9. The second-order valence-electron chi connectivity index (χ2n) is 10.7. The number of hydrogen-bond acceptors (Lipinski definition) is 4. The van der Waals surface area contributed by atoms with Crippen molar-refractivity contribution in [3.63, 3.8) is 0 Å². The summed E-state index contributed by atoms with van der Waals surface area (Å²) in [6.45, 7) is 6.68. The van der Waals surface area contributed by atoms with Crippen LogP contribution in [0.25, 0.3) is 0 Å². The number of imide groups is 1. The number of aliphatic carboxylic acids is 1. The molecular formula is C30H34N3O5Si. The van der Waals surface area contributed by atoms with Crippen molar-refractivity contribution >= 4 is 37.4 Å². The van der Waals surface area contributed by atoms with E-state index in [0.717, 1.165) is 15.3 Å². The maximum atomic E-state index is 13.6. The average molecular weight is 545 g/mol. The van der Waals surface area contributed by atoms with Crippen LogP contribution in [0.2, 0.25) is 0 Å². The Morgan fingerprint density at radius 1 is 0.897 bits per heavy atom. The molecule has 2 N–H and O–H groups in total. The van der Waals surface area contributed by atoms with E-state index in [1.54, 1.807) is 35.2 Å². The normalized spacial score (nSPS) is 15.3. The quantitative estimate of drug-likeness (QED) is 0.399. The summed E-state index contributed by atoms with van der Waals surface area (Å²) < 4.78 is 6.82. The first-order valence-electron chi connectivity index (χ1n) is 12.9. The Balaban J connectivity index is 1.57. The summed E-state index contributed by atoms with van der Waals surface area (Å²) in [6.07, 6.45) is -0.0157. The summed E-state index contributed by atoms with van der Waals surface area (Å²) >= 11 is 0. The highest BCUT2D eigenvalue weighted by Crippen LogP contribution is 2.27. The number of carbonyl (C=O) groups excluding carboxylic acids is 2. The molecule has 1 radical (unpaired) electrons. The zero-order chi connectivity index (χ0) is 28.0. The van der Waals surface area contributed by atoms with Gasteiger partial charge in [0.1, 0.15) is 6.23 Å². The first-order valence-corrected chi connectivity index (χ1v) is 14.4. The molecule has 0 aliphatic carbocycles. The van der Waals surface area contributed by atoms with Crippen molar-refractivity contribution in [3.05, 3.63) is 96.6 Å². The van der Waals surface area contributed by atoms with Gasteiger partial charge in [0.25, 0.3) is 9.04 Å². The average Bonchev–Trinajstić information content (AvgIpc) is 3.31. The van der Waals surface area contributed by atoms with E-state index in [-0.39, 0.29) is 18.5 Å². The lowest BCUT2D eigenvalue weighted by Gasteiger charge is -2.35. The van der Waals surface area contributed by atoms with Crippen LogP contribution in [-0.2, 0) is 9.22 Å². The summed E-state index contributed by atoms with van der Waals surface area (Å²) in [4.78, 5) is 41.3. The summed E-state index contributed by atoms with van der Waals surface area (Å²) in [5, 5.41) is 14.3. The monoisotopic (exact) mass is 544 g/mol. The number of hydrogen-bond donors (Lipinski definition) is 2. The van der Waals surface area contributed by atoms with Crippen LogP contribution < -0.4 is 15.7 Å². The van der Waals surface area contributed by atoms with Crippen LogP contribution in [0.5, 0.6) is 0 Å². The Labute approximate surface area is 230 Å². The highest BCUT2D eigenvalue weighted by molar-refractivity contribution is 6.80. The van der Waals surface area contributed by atoms with Crippen LogP contribution in [0.3, 0.4) is 0 Å². The third-order valence-corrected chi connectivity index (χ3v) is 8.62. The molecular weight excluding hydrogens is 510 g/mol. The lowest BCUT2D eigenvalue weighted by atomic mass is 9.91. The van der Waals surface area contributed by atoms with Crippen molar-refractivity contribution in [1.29, 1.82) is 0 Å². The van der Waals surface area contributed by atoms with E-state index in [2.05, 4.69) is 26.1 Å². The van der Waals surface area contributed by atoms with Crippen LogP contribution >= 0.6 is 0 Å². The molecule has 4 amide bonds. The Morgan fingerprint density at radius 3 is 1.90 bits per heavy atom. The van der Waals surface area contributed by atoms with Gasteiger partial charge in [0.15, 0.2) is 6.04 Å². The molecule has 0 aromatic heterocycles. The molecule has 39 heavy (non-hydrogen) atoms. The lowest BCUT2D eigenvalue weighted by molar-refractivity contribution is -0.139. The highest BCUT2D eigenvalue weighted by atomic mass is 28.3. The molecule has 9 heteroatoms. The molecule has 3 aromatic rings. The zero-order valence-electron chi connectivity index (χ0n) is 22.4. The van der Waals surface area contributed by atoms with Gasteiger partial charge in [-0.15, -0.1) is 0 Å². The van der Waals surface area contributed by atoms with E-state index < -0.39 is 39.3 Å². The van der Waals surface area contributed by atoms with Crippen molar-refractivity contribution < 1.29 is 23.9 Å². The van der Waals surface area contributed by atoms with Gasteiger partial charge in [0.05, 0.1) is 6.54 Å². The second kappa shape index (κ2) is 12.3. The SMILES string of the molecule is CC(C)(C)CC(O[Si](c1ccccc1)c1ccccc1)N1CCN(C(=O)NC(C(=O)O)c2ccccc2)C1=O. The number of benzene rings is 3. The predicted octanol–water partition coefficient (Wildman–Crippen LogP) is 3.84. The second-order valence-corrected chi connectivity index (χ2v) is 12.7. The van der Waals surface area contributed by atoms with Crippen molar-refractivity contribution in [2.45, 2.75) is 39.5 Å². The molecule has 1 saturated heterocycles. The molecule has 1 aliphatic rings. The number of nitrogens with zero attached hydrogens (tertiary/aromatic N) is 2. The van der Waals surface area contributed by atoms with Gasteiger partial charge in [-0.1, -0.05) is 112 Å². The number of amides is 4. The fraction of sp³-hybridized carbons (Fsp3) is 0.300. The molecule has 0 bridgehead atoms. The van der Waals surface area contributed by atoms with Gasteiger partial charge in [0.2, 0.25) is 0 Å². The molecule has 1 aliphatic heterocycles. The van der Waals surface area contributed by atoms with Gasteiger partial charge in [-0.3, -0.25) is 4.90 Å². The molecule has 1 fully saturated rings. The van der Waals surface area contributed by atoms with Gasteiger partial charge in [0, 0.05) is 6.54 Å². The van der Waals surface area contributed by atoms with Gasteiger partial charge in [-0.05, 0) is 27.8 Å². The van der Waals surface area contributed by atoms with Crippen LogP contribution in [0.1, 0.15) is 38.8 Å². The summed E-state index contributed by atoms with van der Waals surface area (Å²) in [6, 6.07) is 25.9. The van der Waals surface area contributed by atoms with Crippen molar-refractivity contribution in [2.75, 3.05) is 13.1 Å². The smallest absolute Gasteiger partial charge is 0.330 e. The van der Waals surface area contributed by atoms with E-state index in [0.29, 0.717) is 12.0 Å². The minimum Gasteiger partial charge on any atom is -0.479 e. The van der Waals surface area contributed by atoms with Gasteiger partial charge in [-0.2, -0.15) is 0 Å². The molecule has 4 rings (SSSR count). The van der Waals surface area contributed by atoms with Gasteiger partial charge >= 0.3 is 18.0 Å². The summed E-state index contributed by atoms with van der Waals surface area (Å²) in [5.74, 6) is -1.20. The number of nitrogens with one attached hydrogen (secondary N) is 1. The maximum absolute atomic E-state index is 13.6. The minimum absolute atomic E-state index is 0.133. The van der Waals surface area contributed by atoms with E-state index in [1.807, 2.05) is 60.7 Å². The number of carboxylic acids is 1. The van der Waals surface area contributed by atoms with Gasteiger partial charge < -0.3 is 14.8 Å². The minimum atomic E-state index is -1.72. The molecule has 0 saturated carbocycles. The van der Waals surface area contributed by atoms with E-state index in [9.17, 15) is 19.5 Å². The summed E-state index contributed by atoms with van der Waals surface area (Å²) in [5.41, 5.74) is 0.261. The molecule has 2 atom stereocenters. The number of carboxylic acid groups (broad SMARTS) is 1. The third-order valence-electron chi connectivity index (χ3n) is 6.39. The first kappa shape index (κ1) is 28.1. The fourth-order valence-electron chi connectivity index (χ4n) is 4.50. The molecule has 2 unspecified atom stereocenters. The molecule has 8 nitrogen and oxygen atoms in total. The summed E-state index contributed by atoms with van der Waals surface area (Å²) in [7, 11) is -1.72. The topological polar surface area (TPSA) is 99.2 Å². The Morgan fingerprint density at radius 2 is 1.41 bits per heavy atom. The van der Waals surface area contributed by atoms with E-state index in [1.165, 1.54) is 0 Å². The first-order chi connectivity index (χ1) is 18.6. The lowest BCUT2D eigenvalue weighted by Crippen LogP contribution is -2.53. The zero-order valence-corrected chi connectivity index (χ0v) is 23.4. The Bertz CT molecular complexity index is 1230. The van der Waals surface area contributed by atoms with Crippen LogP contribution in [0, 0.1) is 5.41 Å². The van der Waals surface area contributed by atoms with E-state index >= 15 is 0 Å². The van der Waals surface area contributed by atoms with Crippen molar-refractivity contribution in [2.24, 2.45) is 5.41 Å². The molecule has 1 heterocycles. The highest BCUT2D eigenvalue weighted by Gasteiger charge is 2.41. The maximum Gasteiger partial charge on any atom is 0.330 e. The fourth-order valence-corrected chi connectivity index (χ4v) is 6.58. The van der Waals surface area contributed by atoms with Crippen LogP contribution in [-0.4, -0.2) is 61.3 Å². The standard InChI is InChI=1S/C30H34N3O5Si/c1-30(2,3)21-25(38-39(23-15-9-5-10-16-23)24-17-11-6-12-18-24)32-19-20-33(29(32)37)28(36)31-26(27(34)35)22-13-7-4-8-14-22/h4-18,25-26H,19-21H2,1-3H3,(H,31,36)(H,34,35). The van der Waals surface area contributed by atoms with Crippen molar-refractivity contribution in [1.82, 2.24) is 15.1 Å². The Hall–Kier alpha value is -3.95. The molecule has 0 spiro atoms. The van der Waals surface area contributed by atoms with Crippen molar-refractivity contribution in [3.8, 4) is 0 Å². The molecule has 3 aromatic carbocycles. The van der Waals surface area contributed by atoms with Crippen LogP contribution in [0.15, 0.2) is 91.0 Å². The predicted molar refractivity (Wildman–Crippen MR) is 151 cm³/mol. The largest absolute Gasteiger partial charge is 0.479 e.